The fourth-order valence-corrected chi connectivity index (χ4v) is 3.64. The molecule has 3 nitrogen and oxygen atoms in total. The fourth-order valence-electron chi connectivity index (χ4n) is 2.31. The van der Waals surface area contributed by atoms with Gasteiger partial charge in [0.15, 0.2) is 5.13 Å². The number of nitrogens with zero attached hydrogens (tertiary/aromatic N) is 2. The molecule has 1 N–H and O–H groups in total. The summed E-state index contributed by atoms with van der Waals surface area (Å²) in [5.74, 6) is 0.683. The van der Waals surface area contributed by atoms with Gasteiger partial charge in [0.05, 0.1) is 5.69 Å². The third-order valence-corrected chi connectivity index (χ3v) is 4.50. The van der Waals surface area contributed by atoms with Gasteiger partial charge in [0.1, 0.15) is 0 Å². The van der Waals surface area contributed by atoms with Crippen molar-refractivity contribution in [1.29, 1.82) is 0 Å². The van der Waals surface area contributed by atoms with Crippen LogP contribution in [0.15, 0.2) is 0 Å². The summed E-state index contributed by atoms with van der Waals surface area (Å²) < 4.78 is 0. The summed E-state index contributed by atoms with van der Waals surface area (Å²) in [6, 6.07) is 0. The Kier molecular flexibility index (Phi) is 7.14. The van der Waals surface area contributed by atoms with Crippen molar-refractivity contribution in [2.75, 3.05) is 24.5 Å². The van der Waals surface area contributed by atoms with Crippen molar-refractivity contribution < 1.29 is 0 Å². The molecule has 0 saturated carbocycles. The molecule has 0 amide bonds. The van der Waals surface area contributed by atoms with Crippen LogP contribution in [0.25, 0.3) is 0 Å². The van der Waals surface area contributed by atoms with Crippen LogP contribution in [0.4, 0.5) is 5.13 Å². The number of thiazole rings is 1. The number of aromatic nitrogens is 1. The number of nitrogens with one attached hydrogen (secondary N) is 1. The van der Waals surface area contributed by atoms with Gasteiger partial charge in [-0.05, 0) is 25.8 Å². The lowest BCUT2D eigenvalue weighted by molar-refractivity contribution is 0.535. The molecule has 0 atom stereocenters. The monoisotopic (exact) mass is 311 g/mol. The fraction of sp³-hybridized carbons (Fsp3) is 0.824. The minimum atomic E-state index is 0.106. The summed E-state index contributed by atoms with van der Waals surface area (Å²) in [5, 5.41) is 4.75. The molecule has 1 heterocycles. The number of hydrogen-bond donors (Lipinski definition) is 1. The van der Waals surface area contributed by atoms with Gasteiger partial charge in [0.2, 0.25) is 0 Å². The van der Waals surface area contributed by atoms with E-state index in [0.717, 1.165) is 26.2 Å². The SMILES string of the molecule is CCCN(CC)c1nc(C(C)(C)C)c(CNCC(C)C)s1. The molecule has 0 spiro atoms. The summed E-state index contributed by atoms with van der Waals surface area (Å²) >= 11 is 1.86. The highest BCUT2D eigenvalue weighted by Gasteiger charge is 2.24. The molecule has 0 bridgehead atoms. The average Bonchev–Trinajstić information content (AvgIpc) is 2.79. The van der Waals surface area contributed by atoms with Crippen LogP contribution in [0.1, 0.15) is 65.5 Å². The lowest BCUT2D eigenvalue weighted by atomic mass is 9.91. The second-order valence-corrected chi connectivity index (χ2v) is 8.18. The van der Waals surface area contributed by atoms with Gasteiger partial charge in [-0.3, -0.25) is 0 Å². The Morgan fingerprint density at radius 3 is 2.38 bits per heavy atom. The summed E-state index contributed by atoms with van der Waals surface area (Å²) in [4.78, 5) is 8.76. The van der Waals surface area contributed by atoms with Gasteiger partial charge >= 0.3 is 0 Å². The highest BCUT2D eigenvalue weighted by molar-refractivity contribution is 7.15. The number of rotatable bonds is 8. The predicted molar refractivity (Wildman–Crippen MR) is 95.5 cm³/mol. The first-order valence-corrected chi connectivity index (χ1v) is 9.07. The van der Waals surface area contributed by atoms with E-state index in [2.05, 4.69) is 58.7 Å². The van der Waals surface area contributed by atoms with Crippen molar-refractivity contribution in [2.24, 2.45) is 5.92 Å². The minimum Gasteiger partial charge on any atom is -0.348 e. The standard InChI is InChI=1S/C17H33N3S/c1-8-10-20(9-2)16-19-15(17(5,6)7)14(21-16)12-18-11-13(3)4/h13,18H,8-12H2,1-7H3. The van der Waals surface area contributed by atoms with Gasteiger partial charge in [-0.1, -0.05) is 41.5 Å². The third kappa shape index (κ3) is 5.59. The molecular formula is C17H33N3S. The molecule has 0 unspecified atom stereocenters. The Hall–Kier alpha value is -0.610. The first-order chi connectivity index (χ1) is 9.79. The maximum atomic E-state index is 4.97. The zero-order valence-electron chi connectivity index (χ0n) is 14.9. The van der Waals surface area contributed by atoms with E-state index in [-0.39, 0.29) is 5.41 Å². The molecule has 0 saturated heterocycles. The normalized spacial score (nSPS) is 12.2. The van der Waals surface area contributed by atoms with Crippen molar-refractivity contribution in [1.82, 2.24) is 10.3 Å². The van der Waals surface area contributed by atoms with Crippen LogP contribution in [-0.4, -0.2) is 24.6 Å². The van der Waals surface area contributed by atoms with Crippen LogP contribution >= 0.6 is 11.3 Å². The number of anilines is 1. The van der Waals surface area contributed by atoms with E-state index in [1.807, 2.05) is 11.3 Å². The van der Waals surface area contributed by atoms with E-state index >= 15 is 0 Å². The lowest BCUT2D eigenvalue weighted by Crippen LogP contribution is -2.23. The van der Waals surface area contributed by atoms with Gasteiger partial charge < -0.3 is 10.2 Å². The maximum absolute atomic E-state index is 4.97. The van der Waals surface area contributed by atoms with Crippen molar-refractivity contribution in [3.05, 3.63) is 10.6 Å². The smallest absolute Gasteiger partial charge is 0.185 e. The highest BCUT2D eigenvalue weighted by atomic mass is 32.1. The van der Waals surface area contributed by atoms with Crippen molar-refractivity contribution in [2.45, 2.75) is 66.8 Å². The van der Waals surface area contributed by atoms with Gasteiger partial charge in [-0.2, -0.15) is 0 Å². The van der Waals surface area contributed by atoms with Crippen LogP contribution < -0.4 is 10.2 Å². The van der Waals surface area contributed by atoms with Crippen molar-refractivity contribution in [3.8, 4) is 0 Å². The third-order valence-electron chi connectivity index (χ3n) is 3.38. The Morgan fingerprint density at radius 2 is 1.90 bits per heavy atom. The second kappa shape index (κ2) is 8.14. The Balaban J connectivity index is 2.95. The molecule has 4 heteroatoms. The van der Waals surface area contributed by atoms with Crippen LogP contribution in [0.2, 0.25) is 0 Å². The molecule has 0 fully saturated rings. The maximum Gasteiger partial charge on any atom is 0.185 e. The minimum absolute atomic E-state index is 0.106. The van der Waals surface area contributed by atoms with Crippen LogP contribution in [0, 0.1) is 5.92 Å². The largest absolute Gasteiger partial charge is 0.348 e. The van der Waals surface area contributed by atoms with Crippen molar-refractivity contribution >= 4 is 16.5 Å². The van der Waals surface area contributed by atoms with Crippen LogP contribution in [0.3, 0.4) is 0 Å². The summed E-state index contributed by atoms with van der Waals surface area (Å²) in [7, 11) is 0. The van der Waals surface area contributed by atoms with E-state index < -0.39 is 0 Å². The molecule has 0 aromatic carbocycles. The van der Waals surface area contributed by atoms with Crippen molar-refractivity contribution in [3.63, 3.8) is 0 Å². The Labute approximate surface area is 135 Å². The van der Waals surface area contributed by atoms with E-state index in [4.69, 9.17) is 4.98 Å². The van der Waals surface area contributed by atoms with E-state index in [1.54, 1.807) is 0 Å². The molecule has 1 rings (SSSR count). The first kappa shape index (κ1) is 18.4. The second-order valence-electron chi connectivity index (χ2n) is 7.12. The summed E-state index contributed by atoms with van der Waals surface area (Å²) in [5.41, 5.74) is 1.36. The van der Waals surface area contributed by atoms with E-state index in [0.29, 0.717) is 5.92 Å². The molecule has 0 aliphatic heterocycles. The van der Waals surface area contributed by atoms with Gasteiger partial charge in [0, 0.05) is 29.9 Å². The highest BCUT2D eigenvalue weighted by Crippen LogP contribution is 2.33. The molecule has 1 aromatic rings. The molecule has 122 valence electrons. The summed E-state index contributed by atoms with van der Waals surface area (Å²) in [6.45, 7) is 19.8. The molecule has 21 heavy (non-hydrogen) atoms. The quantitative estimate of drug-likeness (QED) is 0.770. The zero-order chi connectivity index (χ0) is 16.0. The van der Waals surface area contributed by atoms with Crippen LogP contribution in [-0.2, 0) is 12.0 Å². The zero-order valence-corrected chi connectivity index (χ0v) is 15.7. The first-order valence-electron chi connectivity index (χ1n) is 8.25. The molecule has 0 radical (unpaired) electrons. The van der Waals surface area contributed by atoms with E-state index in [9.17, 15) is 0 Å². The average molecular weight is 312 g/mol. The van der Waals surface area contributed by atoms with Gasteiger partial charge in [-0.15, -0.1) is 11.3 Å². The molecule has 1 aromatic heterocycles. The summed E-state index contributed by atoms with van der Waals surface area (Å²) in [6.07, 6.45) is 1.17. The topological polar surface area (TPSA) is 28.2 Å². The van der Waals surface area contributed by atoms with E-state index in [1.165, 1.54) is 22.1 Å². The van der Waals surface area contributed by atoms with Gasteiger partial charge in [0.25, 0.3) is 0 Å². The van der Waals surface area contributed by atoms with Gasteiger partial charge in [-0.25, -0.2) is 4.98 Å². The predicted octanol–water partition coefficient (Wildman–Crippen LogP) is 4.42. The molecule has 0 aliphatic carbocycles. The molecule has 0 aliphatic rings. The van der Waals surface area contributed by atoms with Crippen LogP contribution in [0.5, 0.6) is 0 Å². The molecular weight excluding hydrogens is 278 g/mol. The number of hydrogen-bond acceptors (Lipinski definition) is 4. The Morgan fingerprint density at radius 1 is 1.24 bits per heavy atom. The Bertz CT molecular complexity index is 418. The lowest BCUT2D eigenvalue weighted by Gasteiger charge is -2.20.